The normalized spacial score (nSPS) is 10.8. The van der Waals surface area contributed by atoms with Gasteiger partial charge in [0.05, 0.1) is 7.11 Å². The molecule has 0 atom stereocenters. The quantitative estimate of drug-likeness (QED) is 0.795. The van der Waals surface area contributed by atoms with Gasteiger partial charge in [-0.15, -0.1) is 0 Å². The van der Waals surface area contributed by atoms with Crippen LogP contribution in [0.2, 0.25) is 0 Å². The highest BCUT2D eigenvalue weighted by atomic mass is 16.5. The molecule has 0 unspecified atom stereocenters. The van der Waals surface area contributed by atoms with E-state index in [4.69, 9.17) is 10.5 Å². The van der Waals surface area contributed by atoms with Gasteiger partial charge in [0.25, 0.3) is 0 Å². The molecule has 0 saturated carbocycles. The number of anilines is 1. The van der Waals surface area contributed by atoms with Crippen LogP contribution in [-0.4, -0.2) is 22.3 Å². The molecule has 0 spiro atoms. The molecule has 1 heterocycles. The fraction of sp³-hybridized carbons (Fsp3) is 0.333. The van der Waals surface area contributed by atoms with Gasteiger partial charge < -0.3 is 10.5 Å². The van der Waals surface area contributed by atoms with Gasteiger partial charge in [0.15, 0.2) is 5.82 Å². The molecule has 1 aromatic carbocycles. The van der Waals surface area contributed by atoms with Gasteiger partial charge in [-0.05, 0) is 12.1 Å². The van der Waals surface area contributed by atoms with Gasteiger partial charge in [0, 0.05) is 23.2 Å². The van der Waals surface area contributed by atoms with Gasteiger partial charge in [-0.3, -0.25) is 5.10 Å². The van der Waals surface area contributed by atoms with Crippen LogP contribution in [0.3, 0.4) is 0 Å². The molecule has 0 bridgehead atoms. The third-order valence-corrected chi connectivity index (χ3v) is 2.55. The maximum absolute atomic E-state index is 5.94. The molecule has 0 fully saturated rings. The predicted octanol–water partition coefficient (Wildman–Crippen LogP) is 2.19. The van der Waals surface area contributed by atoms with E-state index < -0.39 is 0 Å². The average Bonchev–Trinajstić information content (AvgIpc) is 2.78. The Bertz CT molecular complexity index is 519. The molecule has 2 aromatic rings. The number of nitrogens with one attached hydrogen (secondary N) is 1. The standard InChI is InChI=1S/C12H16N4O/c1-7(2)11-14-12(16-15-11)9-5-4-8(17-3)6-10(9)13/h4-7H,13H2,1-3H3,(H,14,15,16). The van der Waals surface area contributed by atoms with Crippen molar-refractivity contribution < 1.29 is 4.74 Å². The first kappa shape index (κ1) is 11.4. The molecular formula is C12H16N4O. The summed E-state index contributed by atoms with van der Waals surface area (Å²) < 4.78 is 5.10. The first-order valence-electron chi connectivity index (χ1n) is 5.48. The number of ether oxygens (including phenoxy) is 1. The van der Waals surface area contributed by atoms with E-state index in [0.29, 0.717) is 17.4 Å². The van der Waals surface area contributed by atoms with Crippen molar-refractivity contribution in [1.82, 2.24) is 15.2 Å². The molecule has 1 aromatic heterocycles. The summed E-state index contributed by atoms with van der Waals surface area (Å²) in [4.78, 5) is 4.41. The van der Waals surface area contributed by atoms with E-state index >= 15 is 0 Å². The third kappa shape index (κ3) is 2.22. The molecule has 0 aliphatic rings. The van der Waals surface area contributed by atoms with Crippen LogP contribution in [0.5, 0.6) is 5.75 Å². The Kier molecular flexibility index (Phi) is 2.99. The van der Waals surface area contributed by atoms with Gasteiger partial charge in [-0.1, -0.05) is 13.8 Å². The van der Waals surface area contributed by atoms with Crippen molar-refractivity contribution >= 4 is 5.69 Å². The van der Waals surface area contributed by atoms with E-state index in [1.54, 1.807) is 13.2 Å². The molecule has 2 rings (SSSR count). The molecule has 0 amide bonds. The summed E-state index contributed by atoms with van der Waals surface area (Å²) in [5, 5.41) is 7.08. The number of hydrogen-bond donors (Lipinski definition) is 2. The largest absolute Gasteiger partial charge is 0.497 e. The zero-order valence-corrected chi connectivity index (χ0v) is 10.2. The van der Waals surface area contributed by atoms with E-state index in [0.717, 1.165) is 17.1 Å². The van der Waals surface area contributed by atoms with Gasteiger partial charge >= 0.3 is 0 Å². The van der Waals surface area contributed by atoms with Crippen LogP contribution in [0.4, 0.5) is 5.69 Å². The summed E-state index contributed by atoms with van der Waals surface area (Å²) in [6.07, 6.45) is 0. The Morgan fingerprint density at radius 1 is 1.35 bits per heavy atom. The van der Waals surface area contributed by atoms with Gasteiger partial charge in [-0.25, -0.2) is 4.98 Å². The minimum absolute atomic E-state index is 0.315. The van der Waals surface area contributed by atoms with Crippen molar-refractivity contribution in [3.05, 3.63) is 24.0 Å². The Morgan fingerprint density at radius 3 is 2.65 bits per heavy atom. The van der Waals surface area contributed by atoms with Crippen LogP contribution < -0.4 is 10.5 Å². The van der Waals surface area contributed by atoms with Crippen LogP contribution in [0.1, 0.15) is 25.6 Å². The summed E-state index contributed by atoms with van der Waals surface area (Å²) in [6, 6.07) is 5.47. The maximum Gasteiger partial charge on any atom is 0.183 e. The summed E-state index contributed by atoms with van der Waals surface area (Å²) in [5.41, 5.74) is 7.36. The van der Waals surface area contributed by atoms with Crippen molar-refractivity contribution in [3.63, 3.8) is 0 Å². The lowest BCUT2D eigenvalue weighted by Gasteiger charge is -2.04. The second-order valence-corrected chi connectivity index (χ2v) is 4.15. The van der Waals surface area contributed by atoms with Crippen molar-refractivity contribution in [2.75, 3.05) is 12.8 Å². The number of methoxy groups -OCH3 is 1. The number of nitrogens with zero attached hydrogens (tertiary/aromatic N) is 2. The number of hydrogen-bond acceptors (Lipinski definition) is 4. The van der Waals surface area contributed by atoms with Crippen molar-refractivity contribution in [1.29, 1.82) is 0 Å². The van der Waals surface area contributed by atoms with Crippen molar-refractivity contribution in [3.8, 4) is 17.1 Å². The van der Waals surface area contributed by atoms with E-state index in [-0.39, 0.29) is 0 Å². The van der Waals surface area contributed by atoms with Crippen LogP contribution in [0.15, 0.2) is 18.2 Å². The highest BCUT2D eigenvalue weighted by molar-refractivity contribution is 5.72. The fourth-order valence-corrected chi connectivity index (χ4v) is 1.52. The van der Waals surface area contributed by atoms with E-state index in [1.165, 1.54) is 0 Å². The second kappa shape index (κ2) is 4.45. The van der Waals surface area contributed by atoms with Gasteiger partial charge in [0.2, 0.25) is 0 Å². The van der Waals surface area contributed by atoms with E-state index in [9.17, 15) is 0 Å². The van der Waals surface area contributed by atoms with E-state index in [2.05, 4.69) is 29.0 Å². The Morgan fingerprint density at radius 2 is 2.12 bits per heavy atom. The summed E-state index contributed by atoms with van der Waals surface area (Å²) in [5.74, 6) is 2.52. The Hall–Kier alpha value is -2.04. The first-order chi connectivity index (χ1) is 8.11. The maximum atomic E-state index is 5.94. The monoisotopic (exact) mass is 232 g/mol. The smallest absolute Gasteiger partial charge is 0.183 e. The number of nitrogens with two attached hydrogens (primary N) is 1. The highest BCUT2D eigenvalue weighted by Gasteiger charge is 2.11. The number of H-pyrrole nitrogens is 1. The molecule has 90 valence electrons. The molecule has 5 nitrogen and oxygen atoms in total. The van der Waals surface area contributed by atoms with Crippen LogP contribution >= 0.6 is 0 Å². The lowest BCUT2D eigenvalue weighted by atomic mass is 10.1. The van der Waals surface area contributed by atoms with Crippen molar-refractivity contribution in [2.45, 2.75) is 19.8 Å². The topological polar surface area (TPSA) is 76.8 Å². The van der Waals surface area contributed by atoms with Crippen LogP contribution in [0, 0.1) is 0 Å². The zero-order chi connectivity index (χ0) is 12.4. The van der Waals surface area contributed by atoms with Gasteiger partial charge in [0.1, 0.15) is 11.6 Å². The lowest BCUT2D eigenvalue weighted by molar-refractivity contribution is 0.415. The summed E-state index contributed by atoms with van der Waals surface area (Å²) in [7, 11) is 1.61. The second-order valence-electron chi connectivity index (χ2n) is 4.15. The fourth-order valence-electron chi connectivity index (χ4n) is 1.52. The van der Waals surface area contributed by atoms with E-state index in [1.807, 2.05) is 12.1 Å². The number of aromatic amines is 1. The zero-order valence-electron chi connectivity index (χ0n) is 10.2. The number of rotatable bonds is 3. The lowest BCUT2D eigenvalue weighted by Crippen LogP contribution is -1.93. The van der Waals surface area contributed by atoms with Gasteiger partial charge in [-0.2, -0.15) is 5.10 Å². The predicted molar refractivity (Wildman–Crippen MR) is 66.9 cm³/mol. The molecule has 5 heteroatoms. The Labute approximate surface area is 100 Å². The van der Waals surface area contributed by atoms with Crippen LogP contribution in [-0.2, 0) is 0 Å². The SMILES string of the molecule is COc1ccc(-c2n[nH]c(C(C)C)n2)c(N)c1. The summed E-state index contributed by atoms with van der Waals surface area (Å²) >= 11 is 0. The molecule has 17 heavy (non-hydrogen) atoms. The molecule has 0 aliphatic heterocycles. The Balaban J connectivity index is 2.38. The number of benzene rings is 1. The molecule has 3 N–H and O–H groups in total. The van der Waals surface area contributed by atoms with Crippen LogP contribution in [0.25, 0.3) is 11.4 Å². The number of nitrogen functional groups attached to an aromatic ring is 1. The third-order valence-electron chi connectivity index (χ3n) is 2.55. The molecular weight excluding hydrogens is 216 g/mol. The number of aromatic nitrogens is 3. The molecule has 0 saturated heterocycles. The minimum Gasteiger partial charge on any atom is -0.497 e. The molecule has 0 radical (unpaired) electrons. The first-order valence-corrected chi connectivity index (χ1v) is 5.48. The average molecular weight is 232 g/mol. The highest BCUT2D eigenvalue weighted by Crippen LogP contribution is 2.27. The van der Waals surface area contributed by atoms with Crippen molar-refractivity contribution in [2.24, 2.45) is 0 Å². The minimum atomic E-state index is 0.315. The molecule has 0 aliphatic carbocycles. The summed E-state index contributed by atoms with van der Waals surface area (Å²) in [6.45, 7) is 4.11.